The van der Waals surface area contributed by atoms with Gasteiger partial charge < -0.3 is 14.8 Å². The fourth-order valence-corrected chi connectivity index (χ4v) is 4.25. The van der Waals surface area contributed by atoms with Gasteiger partial charge in [-0.1, -0.05) is 42.5 Å². The molecule has 8 heteroatoms. The number of aromatic amines is 1. The lowest BCUT2D eigenvalue weighted by atomic mass is 10.0. The summed E-state index contributed by atoms with van der Waals surface area (Å²) in [6.07, 6.45) is 0. The summed E-state index contributed by atoms with van der Waals surface area (Å²) in [7, 11) is 0. The minimum absolute atomic E-state index is 0.0485. The smallest absolute Gasteiger partial charge is 0.270 e. The maximum absolute atomic E-state index is 11.4. The second kappa shape index (κ2) is 9.46. The largest absolute Gasteiger partial charge is 0.494 e. The van der Waals surface area contributed by atoms with Gasteiger partial charge in [0, 0.05) is 48.2 Å². The first-order chi connectivity index (χ1) is 16.6. The minimum atomic E-state index is -0.443. The van der Waals surface area contributed by atoms with Gasteiger partial charge in [0.05, 0.1) is 35.1 Å². The molecule has 0 radical (unpaired) electrons. The normalized spacial score (nSPS) is 15.0. The van der Waals surface area contributed by atoms with Gasteiger partial charge in [-0.2, -0.15) is 0 Å². The van der Waals surface area contributed by atoms with Crippen LogP contribution in [0.25, 0.3) is 10.9 Å². The van der Waals surface area contributed by atoms with E-state index in [9.17, 15) is 15.2 Å². The van der Waals surface area contributed by atoms with Crippen molar-refractivity contribution in [3.05, 3.63) is 99.6 Å². The highest BCUT2D eigenvalue weighted by Crippen LogP contribution is 2.33. The van der Waals surface area contributed by atoms with Crippen LogP contribution < -0.4 is 0 Å². The number of hydrogen-bond acceptors (Lipinski definition) is 6. The number of ether oxygens (including phenoxy) is 1. The Balaban J connectivity index is 1.61. The summed E-state index contributed by atoms with van der Waals surface area (Å²) in [6.45, 7) is 4.07. The van der Waals surface area contributed by atoms with E-state index in [1.807, 2.05) is 48.5 Å². The third-order valence-electron chi connectivity index (χ3n) is 5.92. The molecule has 172 valence electrons. The summed E-state index contributed by atoms with van der Waals surface area (Å²) in [6, 6.07) is 22.0. The average Bonchev–Trinajstić information content (AvgIpc) is 3.18. The molecule has 1 saturated heterocycles. The maximum Gasteiger partial charge on any atom is 0.270 e. The third kappa shape index (κ3) is 4.54. The summed E-state index contributed by atoms with van der Waals surface area (Å²) in [5, 5.41) is 22.7. The van der Waals surface area contributed by atoms with Gasteiger partial charge in [-0.25, -0.2) is 4.99 Å². The van der Waals surface area contributed by atoms with Crippen molar-refractivity contribution in [1.29, 1.82) is 0 Å². The first-order valence-corrected chi connectivity index (χ1v) is 11.1. The van der Waals surface area contributed by atoms with Crippen LogP contribution in [0.1, 0.15) is 16.7 Å². The molecule has 0 amide bonds. The average molecular weight is 457 g/mol. The van der Waals surface area contributed by atoms with Crippen LogP contribution >= 0.6 is 0 Å². The van der Waals surface area contributed by atoms with Crippen molar-refractivity contribution in [3.63, 3.8) is 0 Å². The topological polar surface area (TPSA) is 104 Å². The van der Waals surface area contributed by atoms with Gasteiger partial charge in [0.1, 0.15) is 0 Å². The number of rotatable bonds is 6. The molecule has 0 aliphatic carbocycles. The van der Waals surface area contributed by atoms with E-state index in [0.717, 1.165) is 49.7 Å². The molecule has 2 N–H and O–H groups in total. The molecule has 1 aliphatic heterocycles. The van der Waals surface area contributed by atoms with Gasteiger partial charge in [0.15, 0.2) is 5.88 Å². The number of fused-ring (bicyclic) bond motifs is 1. The molecular weight excluding hydrogens is 432 g/mol. The first kappa shape index (κ1) is 21.8. The highest BCUT2D eigenvalue weighted by Gasteiger charge is 2.21. The van der Waals surface area contributed by atoms with Crippen molar-refractivity contribution in [2.24, 2.45) is 4.99 Å². The van der Waals surface area contributed by atoms with Crippen LogP contribution in [0.15, 0.2) is 77.8 Å². The van der Waals surface area contributed by atoms with Gasteiger partial charge in [0.25, 0.3) is 5.69 Å². The zero-order valence-electron chi connectivity index (χ0n) is 18.5. The number of nitrogens with zero attached hydrogens (tertiary/aromatic N) is 3. The highest BCUT2D eigenvalue weighted by atomic mass is 16.6. The number of benzene rings is 3. The molecule has 0 saturated carbocycles. The van der Waals surface area contributed by atoms with Crippen LogP contribution in [0.3, 0.4) is 0 Å². The molecule has 4 aromatic rings. The summed E-state index contributed by atoms with van der Waals surface area (Å²) in [4.78, 5) is 21.1. The number of non-ortho nitro benzene ring substituents is 1. The van der Waals surface area contributed by atoms with Gasteiger partial charge in [0.2, 0.25) is 0 Å². The number of nitrogens with one attached hydrogen (secondary N) is 1. The van der Waals surface area contributed by atoms with Crippen LogP contribution in [0, 0.1) is 10.1 Å². The zero-order valence-corrected chi connectivity index (χ0v) is 18.5. The molecule has 0 spiro atoms. The molecule has 34 heavy (non-hydrogen) atoms. The molecular formula is C26H24N4O4. The quantitative estimate of drug-likeness (QED) is 0.247. The molecule has 0 atom stereocenters. The van der Waals surface area contributed by atoms with Crippen molar-refractivity contribution in [2.45, 2.75) is 6.54 Å². The summed E-state index contributed by atoms with van der Waals surface area (Å²) < 4.78 is 5.44. The number of H-pyrrole nitrogens is 1. The standard InChI is InChI=1S/C26H24N4O4/c31-26-24(22-16-21(30(32)33)9-10-23(22)28-26)25(19-6-2-1-3-7-19)27-20-8-4-5-18(15-20)17-29-11-13-34-14-12-29/h1-10,15-16,28,31H,11-14,17H2. The number of nitro benzene ring substituents is 1. The molecule has 0 bridgehead atoms. The molecule has 0 unspecified atom stereocenters. The number of aliphatic imine (C=N–C) groups is 1. The summed E-state index contributed by atoms with van der Waals surface area (Å²) >= 11 is 0. The summed E-state index contributed by atoms with van der Waals surface area (Å²) in [5.41, 5.74) is 4.19. The Kier molecular flexibility index (Phi) is 6.07. The van der Waals surface area contributed by atoms with Crippen LogP contribution in [0.5, 0.6) is 5.88 Å². The van der Waals surface area contributed by atoms with Gasteiger partial charge >= 0.3 is 0 Å². The van der Waals surface area contributed by atoms with Gasteiger partial charge in [-0.05, 0) is 23.8 Å². The maximum atomic E-state index is 11.4. The lowest BCUT2D eigenvalue weighted by Crippen LogP contribution is -2.35. The molecule has 8 nitrogen and oxygen atoms in total. The molecule has 1 aliphatic rings. The van der Waals surface area contributed by atoms with E-state index in [1.54, 1.807) is 6.07 Å². The molecule has 1 fully saturated rings. The number of aromatic nitrogens is 1. The molecule has 1 aromatic heterocycles. The van der Waals surface area contributed by atoms with Crippen LogP contribution in [0.2, 0.25) is 0 Å². The summed E-state index contributed by atoms with van der Waals surface area (Å²) in [5.74, 6) is -0.0810. The second-order valence-corrected chi connectivity index (χ2v) is 8.22. The Bertz CT molecular complexity index is 1360. The Morgan fingerprint density at radius 3 is 2.62 bits per heavy atom. The second-order valence-electron chi connectivity index (χ2n) is 8.22. The fourth-order valence-electron chi connectivity index (χ4n) is 4.25. The molecule has 3 aromatic carbocycles. The van der Waals surface area contributed by atoms with E-state index in [1.165, 1.54) is 12.1 Å². The Morgan fingerprint density at radius 1 is 1.06 bits per heavy atom. The fraction of sp³-hybridized carbons (Fsp3) is 0.192. The van der Waals surface area contributed by atoms with Crippen molar-refractivity contribution < 1.29 is 14.8 Å². The Labute approximate surface area is 196 Å². The van der Waals surface area contributed by atoms with E-state index >= 15 is 0 Å². The minimum Gasteiger partial charge on any atom is -0.494 e. The van der Waals surface area contributed by atoms with E-state index in [0.29, 0.717) is 22.2 Å². The van der Waals surface area contributed by atoms with Crippen molar-refractivity contribution in [3.8, 4) is 5.88 Å². The lowest BCUT2D eigenvalue weighted by molar-refractivity contribution is -0.384. The lowest BCUT2D eigenvalue weighted by Gasteiger charge is -2.26. The third-order valence-corrected chi connectivity index (χ3v) is 5.92. The number of aromatic hydroxyl groups is 1. The Hall–Kier alpha value is -4.01. The predicted octanol–water partition coefficient (Wildman–Crippen LogP) is 4.78. The number of morpholine rings is 1. The number of hydrogen-bond donors (Lipinski definition) is 2. The van der Waals surface area contributed by atoms with Gasteiger partial charge in [-0.3, -0.25) is 15.0 Å². The van der Waals surface area contributed by atoms with Crippen LogP contribution in [-0.4, -0.2) is 51.9 Å². The zero-order chi connectivity index (χ0) is 23.5. The Morgan fingerprint density at radius 2 is 1.85 bits per heavy atom. The van der Waals surface area contributed by atoms with E-state index in [4.69, 9.17) is 9.73 Å². The van der Waals surface area contributed by atoms with Gasteiger partial charge in [-0.15, -0.1) is 0 Å². The van der Waals surface area contributed by atoms with Crippen LogP contribution in [-0.2, 0) is 11.3 Å². The first-order valence-electron chi connectivity index (χ1n) is 11.1. The monoisotopic (exact) mass is 456 g/mol. The van der Waals surface area contributed by atoms with E-state index < -0.39 is 4.92 Å². The molecule has 5 rings (SSSR count). The predicted molar refractivity (Wildman–Crippen MR) is 131 cm³/mol. The number of nitro groups is 1. The van der Waals surface area contributed by atoms with Crippen molar-refractivity contribution in [1.82, 2.24) is 9.88 Å². The van der Waals surface area contributed by atoms with Crippen molar-refractivity contribution >= 4 is 28.0 Å². The van der Waals surface area contributed by atoms with E-state index in [-0.39, 0.29) is 11.6 Å². The SMILES string of the molecule is O=[N+]([O-])c1ccc2[nH]c(O)c(C(=Nc3cccc(CN4CCOCC4)c3)c3ccccc3)c2c1. The van der Waals surface area contributed by atoms with E-state index in [2.05, 4.69) is 16.0 Å². The molecule has 2 heterocycles. The van der Waals surface area contributed by atoms with Crippen LogP contribution in [0.4, 0.5) is 11.4 Å². The highest BCUT2D eigenvalue weighted by molar-refractivity contribution is 6.22. The van der Waals surface area contributed by atoms with Crippen molar-refractivity contribution in [2.75, 3.05) is 26.3 Å².